The quantitative estimate of drug-likeness (QED) is 0.170. The number of thiazole rings is 1. The number of methoxy groups -OCH3 is 1. The molecule has 0 unspecified atom stereocenters. The maximum absolute atomic E-state index is 12.1. The molecule has 1 aromatic heterocycles. The Morgan fingerprint density at radius 3 is 2.49 bits per heavy atom. The molecule has 35 heavy (non-hydrogen) atoms. The lowest BCUT2D eigenvalue weighted by Crippen LogP contribution is -2.26. The number of rotatable bonds is 7. The predicted octanol–water partition coefficient (Wildman–Crippen LogP) is 6.21. The van der Waals surface area contributed by atoms with E-state index in [0.717, 1.165) is 27.2 Å². The number of benzene rings is 2. The molecule has 0 fully saturated rings. The van der Waals surface area contributed by atoms with E-state index in [9.17, 15) is 4.79 Å². The molecular weight excluding hydrogens is 462 g/mol. The summed E-state index contributed by atoms with van der Waals surface area (Å²) in [5, 5.41) is 6.76. The number of nitrogens with zero attached hydrogens (tertiary/aromatic N) is 3. The van der Waals surface area contributed by atoms with Crippen LogP contribution in [0.1, 0.15) is 38.8 Å². The molecule has 7 nitrogen and oxygen atoms in total. The van der Waals surface area contributed by atoms with Gasteiger partial charge in [0.25, 0.3) is 0 Å². The van der Waals surface area contributed by atoms with Gasteiger partial charge in [0.1, 0.15) is 5.60 Å². The topological polar surface area (TPSA) is 74.4 Å². The normalized spacial score (nSPS) is 12.1. The van der Waals surface area contributed by atoms with Crippen LogP contribution in [0.2, 0.25) is 0 Å². The van der Waals surface area contributed by atoms with Gasteiger partial charge in [0.05, 0.1) is 25.6 Å². The standard InChI is InChI=1S/C27H31N3O4S/c1-18(2)15-28-25-30(22(17-35-25)21-11-8-19(3)9-12-21)29-16-20-10-13-23(24(14-20)32-7)33-26(31)34-27(4,5)6/h8-14,16-17H,1,15H2,2-7H3. The van der Waals surface area contributed by atoms with Gasteiger partial charge in [-0.25, -0.2) is 9.47 Å². The first kappa shape index (κ1) is 26.0. The van der Waals surface area contributed by atoms with Gasteiger partial charge < -0.3 is 14.2 Å². The molecule has 0 bridgehead atoms. The highest BCUT2D eigenvalue weighted by molar-refractivity contribution is 7.07. The first-order valence-corrected chi connectivity index (χ1v) is 12.0. The van der Waals surface area contributed by atoms with Gasteiger partial charge in [-0.2, -0.15) is 5.10 Å². The summed E-state index contributed by atoms with van der Waals surface area (Å²) < 4.78 is 17.8. The number of aromatic nitrogens is 1. The van der Waals surface area contributed by atoms with Crippen molar-refractivity contribution in [1.82, 2.24) is 4.68 Å². The summed E-state index contributed by atoms with van der Waals surface area (Å²) in [6.07, 6.45) is 0.918. The second-order valence-electron chi connectivity index (χ2n) is 9.08. The Bertz CT molecular complexity index is 1300. The Kier molecular flexibility index (Phi) is 8.30. The molecule has 0 amide bonds. The zero-order chi connectivity index (χ0) is 25.6. The van der Waals surface area contributed by atoms with E-state index in [4.69, 9.17) is 19.3 Å². The predicted molar refractivity (Wildman–Crippen MR) is 141 cm³/mol. The van der Waals surface area contributed by atoms with E-state index >= 15 is 0 Å². The van der Waals surface area contributed by atoms with Crippen LogP contribution in [0.15, 0.2) is 70.1 Å². The molecule has 0 saturated heterocycles. The zero-order valence-corrected chi connectivity index (χ0v) is 21.8. The van der Waals surface area contributed by atoms with Crippen molar-refractivity contribution in [1.29, 1.82) is 0 Å². The van der Waals surface area contributed by atoms with E-state index < -0.39 is 11.8 Å². The minimum atomic E-state index is -0.794. The summed E-state index contributed by atoms with van der Waals surface area (Å²) >= 11 is 1.52. The third-order valence-corrected chi connectivity index (χ3v) is 5.46. The van der Waals surface area contributed by atoms with Crippen LogP contribution in [-0.2, 0) is 4.74 Å². The number of carbonyl (C=O) groups excluding carboxylic acids is 1. The van der Waals surface area contributed by atoms with Gasteiger partial charge in [0, 0.05) is 10.9 Å². The molecule has 0 N–H and O–H groups in total. The fraction of sp³-hybridized carbons (Fsp3) is 0.296. The number of carbonyl (C=O) groups is 1. The van der Waals surface area contributed by atoms with Gasteiger partial charge in [-0.3, -0.25) is 4.99 Å². The lowest BCUT2D eigenvalue weighted by molar-refractivity contribution is 0.0201. The van der Waals surface area contributed by atoms with Crippen LogP contribution < -0.4 is 14.3 Å². The highest BCUT2D eigenvalue weighted by Crippen LogP contribution is 2.28. The van der Waals surface area contributed by atoms with E-state index in [-0.39, 0.29) is 5.75 Å². The third kappa shape index (κ3) is 7.42. The summed E-state index contributed by atoms with van der Waals surface area (Å²) in [6, 6.07) is 13.5. The molecule has 0 spiro atoms. The van der Waals surface area contributed by atoms with Crippen LogP contribution in [-0.4, -0.2) is 36.3 Å². The number of hydrogen-bond acceptors (Lipinski definition) is 7. The summed E-state index contributed by atoms with van der Waals surface area (Å²) in [4.78, 5) is 17.5. The van der Waals surface area contributed by atoms with Gasteiger partial charge in [-0.1, -0.05) is 42.0 Å². The Labute approximate surface area is 210 Å². The highest BCUT2D eigenvalue weighted by atomic mass is 32.1. The summed E-state index contributed by atoms with van der Waals surface area (Å²) in [5.41, 5.74) is 4.24. The van der Waals surface area contributed by atoms with Gasteiger partial charge in [-0.05, 0) is 58.4 Å². The Balaban J connectivity index is 1.94. The Morgan fingerprint density at radius 1 is 1.14 bits per heavy atom. The van der Waals surface area contributed by atoms with Gasteiger partial charge in [-0.15, -0.1) is 11.3 Å². The van der Waals surface area contributed by atoms with Crippen molar-refractivity contribution in [3.05, 3.63) is 75.9 Å². The van der Waals surface area contributed by atoms with Crippen LogP contribution in [0.25, 0.3) is 11.3 Å². The van der Waals surface area contributed by atoms with Gasteiger partial charge in [0.2, 0.25) is 4.80 Å². The van der Waals surface area contributed by atoms with E-state index in [1.807, 2.05) is 17.0 Å². The van der Waals surface area contributed by atoms with Crippen LogP contribution >= 0.6 is 11.3 Å². The van der Waals surface area contributed by atoms with E-state index in [0.29, 0.717) is 12.3 Å². The average molecular weight is 494 g/mol. The molecule has 0 atom stereocenters. The van der Waals surface area contributed by atoms with Crippen molar-refractivity contribution >= 4 is 23.7 Å². The molecule has 0 radical (unpaired) electrons. The largest absolute Gasteiger partial charge is 0.514 e. The number of hydrogen-bond donors (Lipinski definition) is 0. The lowest BCUT2D eigenvalue weighted by atomic mass is 10.1. The maximum Gasteiger partial charge on any atom is 0.514 e. The average Bonchev–Trinajstić information content (AvgIpc) is 3.18. The van der Waals surface area contributed by atoms with E-state index in [1.165, 1.54) is 24.0 Å². The molecule has 2 aromatic carbocycles. The maximum atomic E-state index is 12.1. The van der Waals surface area contributed by atoms with Crippen molar-refractivity contribution in [3.8, 4) is 22.8 Å². The van der Waals surface area contributed by atoms with Gasteiger partial charge in [0.15, 0.2) is 11.5 Å². The Hall–Kier alpha value is -3.65. The first-order valence-electron chi connectivity index (χ1n) is 11.1. The Morgan fingerprint density at radius 2 is 1.86 bits per heavy atom. The van der Waals surface area contributed by atoms with Crippen LogP contribution in [0.4, 0.5) is 4.79 Å². The molecule has 3 rings (SSSR count). The molecule has 8 heteroatoms. The second kappa shape index (κ2) is 11.2. The molecule has 184 valence electrons. The van der Waals surface area contributed by atoms with Crippen molar-refractivity contribution < 1.29 is 19.0 Å². The van der Waals surface area contributed by atoms with E-state index in [2.05, 4.69) is 42.8 Å². The fourth-order valence-corrected chi connectivity index (χ4v) is 3.82. The molecule has 0 aliphatic rings. The SMILES string of the molecule is C=C(C)CN=c1scc(-c2ccc(C)cc2)n1N=Cc1ccc(OC(=O)OC(C)(C)C)c(OC)c1. The molecule has 0 aliphatic heterocycles. The van der Waals surface area contributed by atoms with Crippen LogP contribution in [0.3, 0.4) is 0 Å². The highest BCUT2D eigenvalue weighted by Gasteiger charge is 2.19. The minimum absolute atomic E-state index is 0.263. The van der Waals surface area contributed by atoms with Crippen LogP contribution in [0.5, 0.6) is 11.5 Å². The molecule has 0 saturated carbocycles. The molecule has 0 aliphatic carbocycles. The lowest BCUT2D eigenvalue weighted by Gasteiger charge is -2.19. The molecular formula is C27H31N3O4S. The molecule has 3 aromatic rings. The zero-order valence-electron chi connectivity index (χ0n) is 21.0. The van der Waals surface area contributed by atoms with E-state index in [1.54, 1.807) is 45.2 Å². The minimum Gasteiger partial charge on any atom is -0.493 e. The smallest absolute Gasteiger partial charge is 0.493 e. The van der Waals surface area contributed by atoms with Gasteiger partial charge >= 0.3 is 6.16 Å². The third-order valence-electron chi connectivity index (χ3n) is 4.61. The van der Waals surface area contributed by atoms with Crippen molar-refractivity contribution in [3.63, 3.8) is 0 Å². The molecule has 1 heterocycles. The second-order valence-corrected chi connectivity index (χ2v) is 9.91. The summed E-state index contributed by atoms with van der Waals surface area (Å²) in [6.45, 7) is 13.8. The fourth-order valence-electron chi connectivity index (χ4n) is 2.98. The first-order chi connectivity index (χ1) is 16.6. The summed E-state index contributed by atoms with van der Waals surface area (Å²) in [5.74, 6) is 0.653. The summed E-state index contributed by atoms with van der Waals surface area (Å²) in [7, 11) is 1.51. The van der Waals surface area contributed by atoms with Crippen molar-refractivity contribution in [2.45, 2.75) is 40.2 Å². The number of ether oxygens (including phenoxy) is 3. The van der Waals surface area contributed by atoms with Crippen LogP contribution in [0, 0.1) is 6.92 Å². The number of aryl methyl sites for hydroxylation is 1. The van der Waals surface area contributed by atoms with Crippen molar-refractivity contribution in [2.24, 2.45) is 10.1 Å². The van der Waals surface area contributed by atoms with Crippen molar-refractivity contribution in [2.75, 3.05) is 13.7 Å². The monoisotopic (exact) mass is 493 g/mol.